The molecule has 5 nitrogen and oxygen atoms in total. The Morgan fingerprint density at radius 2 is 1.95 bits per heavy atom. The molecule has 0 radical (unpaired) electrons. The number of hydrogen-bond donors (Lipinski definition) is 2. The Morgan fingerprint density at radius 3 is 2.60 bits per heavy atom. The van der Waals surface area contributed by atoms with E-state index in [1.165, 1.54) is 30.3 Å². The molecule has 0 spiro atoms. The summed E-state index contributed by atoms with van der Waals surface area (Å²) >= 11 is 0. The van der Waals surface area contributed by atoms with E-state index in [0.717, 1.165) is 0 Å². The molecule has 2 N–H and O–H groups in total. The van der Waals surface area contributed by atoms with Crippen LogP contribution in [0.1, 0.15) is 11.1 Å². The van der Waals surface area contributed by atoms with Crippen LogP contribution in [0, 0.1) is 18.3 Å². The van der Waals surface area contributed by atoms with Crippen molar-refractivity contribution in [1.82, 2.24) is 0 Å². The number of nitrogens with one attached hydrogen (secondary N) is 1. The molecule has 0 aromatic heterocycles. The van der Waals surface area contributed by atoms with Gasteiger partial charge in [0.25, 0.3) is 10.0 Å². The predicted octanol–water partition coefficient (Wildman–Crippen LogP) is 2.37. The highest BCUT2D eigenvalue weighted by Crippen LogP contribution is 2.23. The second-order valence-electron chi connectivity index (χ2n) is 4.25. The van der Waals surface area contributed by atoms with E-state index in [2.05, 4.69) is 4.72 Å². The molecule has 2 aromatic carbocycles. The zero-order valence-corrected chi connectivity index (χ0v) is 11.5. The molecule has 2 rings (SSSR count). The van der Waals surface area contributed by atoms with Gasteiger partial charge in [-0.2, -0.15) is 5.26 Å². The van der Waals surface area contributed by atoms with Crippen LogP contribution in [-0.2, 0) is 10.0 Å². The lowest BCUT2D eigenvalue weighted by Gasteiger charge is -2.09. The smallest absolute Gasteiger partial charge is 0.261 e. The Morgan fingerprint density at radius 1 is 1.20 bits per heavy atom. The van der Waals surface area contributed by atoms with Gasteiger partial charge in [0.2, 0.25) is 0 Å². The van der Waals surface area contributed by atoms with Gasteiger partial charge in [-0.25, -0.2) is 8.42 Å². The first-order valence-electron chi connectivity index (χ1n) is 5.75. The number of sulfonamides is 1. The molecule has 0 amide bonds. The van der Waals surface area contributed by atoms with Gasteiger partial charge in [0.05, 0.1) is 22.2 Å². The summed E-state index contributed by atoms with van der Waals surface area (Å²) in [7, 11) is -3.79. The molecule has 0 saturated heterocycles. The Bertz CT molecular complexity index is 792. The summed E-state index contributed by atoms with van der Waals surface area (Å²) < 4.78 is 26.7. The summed E-state index contributed by atoms with van der Waals surface area (Å²) in [4.78, 5) is -0.00313. The van der Waals surface area contributed by atoms with Gasteiger partial charge in [-0.15, -0.1) is 0 Å². The monoisotopic (exact) mass is 288 g/mol. The first kappa shape index (κ1) is 13.9. The third-order valence-corrected chi connectivity index (χ3v) is 4.11. The molecule has 0 bridgehead atoms. The number of aromatic hydroxyl groups is 1. The van der Waals surface area contributed by atoms with Gasteiger partial charge in [0.1, 0.15) is 5.75 Å². The van der Waals surface area contributed by atoms with Crippen molar-refractivity contribution in [3.63, 3.8) is 0 Å². The zero-order valence-electron chi connectivity index (χ0n) is 10.7. The average Bonchev–Trinajstić information content (AvgIpc) is 2.43. The summed E-state index contributed by atoms with van der Waals surface area (Å²) in [5.74, 6) is 0.0102. The first-order chi connectivity index (χ1) is 9.42. The van der Waals surface area contributed by atoms with Gasteiger partial charge >= 0.3 is 0 Å². The first-order valence-corrected chi connectivity index (χ1v) is 7.23. The third-order valence-electron chi connectivity index (χ3n) is 2.73. The van der Waals surface area contributed by atoms with Crippen molar-refractivity contribution in [2.45, 2.75) is 11.8 Å². The fourth-order valence-electron chi connectivity index (χ4n) is 1.62. The Balaban J connectivity index is 2.35. The summed E-state index contributed by atoms with van der Waals surface area (Å²) in [6, 6.07) is 12.1. The molecule has 20 heavy (non-hydrogen) atoms. The minimum Gasteiger partial charge on any atom is -0.508 e. The van der Waals surface area contributed by atoms with Gasteiger partial charge in [-0.1, -0.05) is 12.1 Å². The van der Waals surface area contributed by atoms with Crippen LogP contribution in [0.2, 0.25) is 0 Å². The van der Waals surface area contributed by atoms with Crippen molar-refractivity contribution in [2.24, 2.45) is 0 Å². The van der Waals surface area contributed by atoms with Crippen LogP contribution in [0.3, 0.4) is 0 Å². The molecule has 102 valence electrons. The lowest BCUT2D eigenvalue weighted by Crippen LogP contribution is -2.13. The second-order valence-corrected chi connectivity index (χ2v) is 5.93. The number of phenolic OH excluding ortho intramolecular Hbond substituents is 1. The Hall–Kier alpha value is -2.52. The fourth-order valence-corrected chi connectivity index (χ4v) is 2.71. The minimum absolute atomic E-state index is 0.00313. The fraction of sp³-hybridized carbons (Fsp3) is 0.0714. The molecule has 0 aliphatic rings. The van der Waals surface area contributed by atoms with Crippen LogP contribution < -0.4 is 4.72 Å². The third kappa shape index (κ3) is 2.90. The van der Waals surface area contributed by atoms with E-state index in [-0.39, 0.29) is 21.9 Å². The topological polar surface area (TPSA) is 90.2 Å². The summed E-state index contributed by atoms with van der Waals surface area (Å²) in [6.45, 7) is 1.71. The maximum Gasteiger partial charge on any atom is 0.261 e. The maximum atomic E-state index is 12.2. The van der Waals surface area contributed by atoms with Crippen LogP contribution in [0.5, 0.6) is 5.75 Å². The van der Waals surface area contributed by atoms with Crippen LogP contribution in [0.15, 0.2) is 47.4 Å². The lowest BCUT2D eigenvalue weighted by atomic mass is 10.2. The summed E-state index contributed by atoms with van der Waals surface area (Å²) in [5.41, 5.74) is 1.18. The predicted molar refractivity (Wildman–Crippen MR) is 74.8 cm³/mol. The van der Waals surface area contributed by atoms with Gasteiger partial charge in [0, 0.05) is 6.07 Å². The van der Waals surface area contributed by atoms with Crippen LogP contribution in [-0.4, -0.2) is 13.5 Å². The molecule has 0 fully saturated rings. The maximum absolute atomic E-state index is 12.2. The van der Waals surface area contributed by atoms with Crippen molar-refractivity contribution in [3.05, 3.63) is 53.6 Å². The standard InChI is InChI=1S/C14H12N2O3S/c1-10-5-6-12(8-14(10)17)16-20(18,19)13-4-2-3-11(7-13)9-15/h2-8,16-17H,1H3. The number of nitrogens with zero attached hydrogens (tertiary/aromatic N) is 1. The van der Waals surface area contributed by atoms with Crippen molar-refractivity contribution >= 4 is 15.7 Å². The number of aryl methyl sites for hydroxylation is 1. The molecule has 6 heteroatoms. The van der Waals surface area contributed by atoms with E-state index in [0.29, 0.717) is 5.56 Å². The van der Waals surface area contributed by atoms with Crippen molar-refractivity contribution in [2.75, 3.05) is 4.72 Å². The highest BCUT2D eigenvalue weighted by atomic mass is 32.2. The number of rotatable bonds is 3. The van der Waals surface area contributed by atoms with Crippen LogP contribution >= 0.6 is 0 Å². The lowest BCUT2D eigenvalue weighted by molar-refractivity contribution is 0.471. The van der Waals surface area contributed by atoms with Crippen LogP contribution in [0.25, 0.3) is 0 Å². The van der Waals surface area contributed by atoms with Gasteiger partial charge in [-0.3, -0.25) is 4.72 Å². The highest BCUT2D eigenvalue weighted by molar-refractivity contribution is 7.92. The number of anilines is 1. The van der Waals surface area contributed by atoms with E-state index in [1.807, 2.05) is 6.07 Å². The number of hydrogen-bond acceptors (Lipinski definition) is 4. The van der Waals surface area contributed by atoms with E-state index in [9.17, 15) is 13.5 Å². The summed E-state index contributed by atoms with van der Waals surface area (Å²) in [5, 5.41) is 18.4. The number of benzene rings is 2. The van der Waals surface area contributed by atoms with E-state index < -0.39 is 10.0 Å². The Labute approximate surface area is 117 Å². The molecule has 0 aliphatic heterocycles. The number of nitriles is 1. The molecular weight excluding hydrogens is 276 g/mol. The van der Waals surface area contributed by atoms with E-state index in [4.69, 9.17) is 5.26 Å². The van der Waals surface area contributed by atoms with Gasteiger partial charge < -0.3 is 5.11 Å². The van der Waals surface area contributed by atoms with Crippen molar-refractivity contribution < 1.29 is 13.5 Å². The normalized spacial score (nSPS) is 10.8. The minimum atomic E-state index is -3.79. The highest BCUT2D eigenvalue weighted by Gasteiger charge is 2.15. The second kappa shape index (κ2) is 5.23. The zero-order chi connectivity index (χ0) is 14.8. The molecule has 0 saturated carbocycles. The molecule has 0 heterocycles. The molecule has 0 aliphatic carbocycles. The quantitative estimate of drug-likeness (QED) is 0.907. The average molecular weight is 288 g/mol. The number of phenols is 1. The van der Waals surface area contributed by atoms with Gasteiger partial charge in [-0.05, 0) is 36.8 Å². The molecule has 2 aromatic rings. The van der Waals surface area contributed by atoms with Gasteiger partial charge in [0.15, 0.2) is 0 Å². The largest absolute Gasteiger partial charge is 0.508 e. The van der Waals surface area contributed by atoms with Crippen LogP contribution in [0.4, 0.5) is 5.69 Å². The molecule has 0 atom stereocenters. The SMILES string of the molecule is Cc1ccc(NS(=O)(=O)c2cccc(C#N)c2)cc1O. The van der Waals surface area contributed by atoms with E-state index >= 15 is 0 Å². The molecule has 0 unspecified atom stereocenters. The van der Waals surface area contributed by atoms with Crippen molar-refractivity contribution in [3.8, 4) is 11.8 Å². The van der Waals surface area contributed by atoms with E-state index in [1.54, 1.807) is 19.1 Å². The molecular formula is C14H12N2O3S. The summed E-state index contributed by atoms with van der Waals surface area (Å²) in [6.07, 6.45) is 0. The Kier molecular flexibility index (Phi) is 3.63. The van der Waals surface area contributed by atoms with Crippen molar-refractivity contribution in [1.29, 1.82) is 5.26 Å².